The molecule has 0 radical (unpaired) electrons. The molecule has 3 amide bonds. The first-order valence-corrected chi connectivity index (χ1v) is 9.56. The third kappa shape index (κ3) is 4.47. The summed E-state index contributed by atoms with van der Waals surface area (Å²) >= 11 is 0. The Bertz CT molecular complexity index is 713. The number of carbonyl (C=O) groups is 3. The molecule has 2 saturated heterocycles. The Morgan fingerprint density at radius 3 is 2.59 bits per heavy atom. The van der Waals surface area contributed by atoms with Crippen molar-refractivity contribution in [3.8, 4) is 0 Å². The molecule has 1 N–H and O–H groups in total. The summed E-state index contributed by atoms with van der Waals surface area (Å²) in [6.07, 6.45) is 1.50. The van der Waals surface area contributed by atoms with Gasteiger partial charge in [0.2, 0.25) is 11.8 Å². The highest BCUT2D eigenvalue weighted by Crippen LogP contribution is 2.23. The number of morpholine rings is 1. The van der Waals surface area contributed by atoms with Crippen molar-refractivity contribution in [2.75, 3.05) is 38.2 Å². The minimum Gasteiger partial charge on any atom is -0.378 e. The number of carbonyl (C=O) groups excluding carboxylic acids is 3. The lowest BCUT2D eigenvalue weighted by Gasteiger charge is -2.32. The van der Waals surface area contributed by atoms with Gasteiger partial charge in [0.15, 0.2) is 0 Å². The number of anilines is 1. The summed E-state index contributed by atoms with van der Waals surface area (Å²) in [6.45, 7) is 6.45. The van der Waals surface area contributed by atoms with Crippen molar-refractivity contribution in [1.82, 2.24) is 9.80 Å². The van der Waals surface area contributed by atoms with Crippen LogP contribution in [0.15, 0.2) is 24.3 Å². The number of benzene rings is 1. The molecule has 3 rings (SSSR count). The Hall–Kier alpha value is -2.41. The van der Waals surface area contributed by atoms with Gasteiger partial charge in [0.25, 0.3) is 5.91 Å². The minimum atomic E-state index is -0.412. The second kappa shape index (κ2) is 8.52. The van der Waals surface area contributed by atoms with Crippen molar-refractivity contribution >= 4 is 23.4 Å². The summed E-state index contributed by atoms with van der Waals surface area (Å²) in [6, 6.07) is 6.50. The van der Waals surface area contributed by atoms with Crippen LogP contribution in [-0.2, 0) is 14.3 Å². The largest absolute Gasteiger partial charge is 0.378 e. The summed E-state index contributed by atoms with van der Waals surface area (Å²) in [5.41, 5.74) is 1.08. The summed E-state index contributed by atoms with van der Waals surface area (Å²) < 4.78 is 5.31. The molecule has 7 nitrogen and oxygen atoms in total. The van der Waals surface area contributed by atoms with E-state index >= 15 is 0 Å². The second-order valence-corrected chi connectivity index (χ2v) is 7.32. The molecular formula is C20H27N3O4. The highest BCUT2D eigenvalue weighted by atomic mass is 16.5. The van der Waals surface area contributed by atoms with Crippen molar-refractivity contribution in [3.63, 3.8) is 0 Å². The van der Waals surface area contributed by atoms with Gasteiger partial charge in [-0.2, -0.15) is 0 Å². The number of nitrogens with zero attached hydrogens (tertiary/aromatic N) is 2. The Labute approximate surface area is 159 Å². The maximum atomic E-state index is 13.0. The predicted molar refractivity (Wildman–Crippen MR) is 101 cm³/mol. The lowest BCUT2D eigenvalue weighted by Crippen LogP contribution is -2.51. The normalized spacial score (nSPS) is 20.0. The molecule has 0 aliphatic carbocycles. The molecule has 27 heavy (non-hydrogen) atoms. The number of nitrogens with one attached hydrogen (secondary N) is 1. The molecule has 1 atom stereocenters. The van der Waals surface area contributed by atoms with E-state index < -0.39 is 6.04 Å². The number of amides is 3. The van der Waals surface area contributed by atoms with E-state index in [0.29, 0.717) is 50.5 Å². The van der Waals surface area contributed by atoms with E-state index in [9.17, 15) is 14.4 Å². The second-order valence-electron chi connectivity index (χ2n) is 7.32. The first kappa shape index (κ1) is 19.4. The SMILES string of the molecule is CC(C)C(=O)Nc1cccc(C(=O)N2CCC[C@H]2C(=O)N2CCOCC2)c1. The van der Waals surface area contributed by atoms with E-state index in [4.69, 9.17) is 4.74 Å². The van der Waals surface area contributed by atoms with Crippen molar-refractivity contribution in [3.05, 3.63) is 29.8 Å². The van der Waals surface area contributed by atoms with E-state index in [2.05, 4.69) is 5.32 Å². The fourth-order valence-corrected chi connectivity index (χ4v) is 3.44. The minimum absolute atomic E-state index is 0.00779. The highest BCUT2D eigenvalue weighted by Gasteiger charge is 2.37. The standard InChI is InChI=1S/C20H27N3O4/c1-14(2)18(24)21-16-6-3-5-15(13-16)19(25)23-8-4-7-17(23)20(26)22-9-11-27-12-10-22/h3,5-6,13-14,17H,4,7-12H2,1-2H3,(H,21,24)/t17-/m0/s1. The number of hydrogen-bond acceptors (Lipinski definition) is 4. The van der Waals surface area contributed by atoms with Crippen molar-refractivity contribution in [2.45, 2.75) is 32.7 Å². The third-order valence-corrected chi connectivity index (χ3v) is 5.02. The summed E-state index contributed by atoms with van der Waals surface area (Å²) in [5, 5.41) is 2.81. The van der Waals surface area contributed by atoms with Gasteiger partial charge >= 0.3 is 0 Å². The van der Waals surface area contributed by atoms with Gasteiger partial charge in [0.05, 0.1) is 13.2 Å². The van der Waals surface area contributed by atoms with Gasteiger partial charge in [-0.15, -0.1) is 0 Å². The predicted octanol–water partition coefficient (Wildman–Crippen LogP) is 1.74. The number of rotatable bonds is 4. The molecule has 2 fully saturated rings. The third-order valence-electron chi connectivity index (χ3n) is 5.02. The van der Waals surface area contributed by atoms with Crippen LogP contribution in [0.1, 0.15) is 37.0 Å². The van der Waals surface area contributed by atoms with Crippen LogP contribution in [0.25, 0.3) is 0 Å². The molecule has 2 aliphatic heterocycles. The zero-order valence-electron chi connectivity index (χ0n) is 15.9. The van der Waals surface area contributed by atoms with Gasteiger partial charge in [0, 0.05) is 36.8 Å². The summed E-state index contributed by atoms with van der Waals surface area (Å²) in [7, 11) is 0. The fourth-order valence-electron chi connectivity index (χ4n) is 3.44. The average molecular weight is 373 g/mol. The van der Waals surface area contributed by atoms with Crippen LogP contribution in [0.5, 0.6) is 0 Å². The smallest absolute Gasteiger partial charge is 0.254 e. The van der Waals surface area contributed by atoms with Crippen LogP contribution in [0.2, 0.25) is 0 Å². The molecule has 0 spiro atoms. The van der Waals surface area contributed by atoms with Crippen LogP contribution in [-0.4, -0.2) is 66.4 Å². The molecule has 2 aliphatic rings. The average Bonchev–Trinajstić information content (AvgIpc) is 3.17. The van der Waals surface area contributed by atoms with Crippen LogP contribution < -0.4 is 5.32 Å². The number of hydrogen-bond donors (Lipinski definition) is 1. The van der Waals surface area contributed by atoms with Crippen molar-refractivity contribution in [2.24, 2.45) is 5.92 Å². The van der Waals surface area contributed by atoms with E-state index in [0.717, 1.165) is 6.42 Å². The topological polar surface area (TPSA) is 79.0 Å². The van der Waals surface area contributed by atoms with Gasteiger partial charge in [-0.3, -0.25) is 14.4 Å². The van der Waals surface area contributed by atoms with E-state index in [1.165, 1.54) is 0 Å². The number of likely N-dealkylation sites (tertiary alicyclic amines) is 1. The molecule has 1 aromatic carbocycles. The molecular weight excluding hydrogens is 346 g/mol. The molecule has 0 saturated carbocycles. The maximum Gasteiger partial charge on any atom is 0.254 e. The van der Waals surface area contributed by atoms with Crippen LogP contribution >= 0.6 is 0 Å². The number of ether oxygens (including phenoxy) is 1. The molecule has 7 heteroatoms. The molecule has 0 bridgehead atoms. The zero-order chi connectivity index (χ0) is 19.4. The van der Waals surface area contributed by atoms with Gasteiger partial charge < -0.3 is 19.9 Å². The molecule has 146 valence electrons. The van der Waals surface area contributed by atoms with Crippen molar-refractivity contribution in [1.29, 1.82) is 0 Å². The Morgan fingerprint density at radius 1 is 1.15 bits per heavy atom. The zero-order valence-corrected chi connectivity index (χ0v) is 15.9. The maximum absolute atomic E-state index is 13.0. The molecule has 2 heterocycles. The molecule has 0 aromatic heterocycles. The Balaban J connectivity index is 1.72. The summed E-state index contributed by atoms with van der Waals surface area (Å²) in [4.78, 5) is 41.2. The van der Waals surface area contributed by atoms with Crippen molar-refractivity contribution < 1.29 is 19.1 Å². The van der Waals surface area contributed by atoms with Crippen LogP contribution in [0, 0.1) is 5.92 Å². The van der Waals surface area contributed by atoms with Gasteiger partial charge in [0.1, 0.15) is 6.04 Å². The van der Waals surface area contributed by atoms with E-state index in [1.54, 1.807) is 34.1 Å². The first-order valence-electron chi connectivity index (χ1n) is 9.56. The quantitative estimate of drug-likeness (QED) is 0.872. The van der Waals surface area contributed by atoms with Crippen LogP contribution in [0.4, 0.5) is 5.69 Å². The first-order chi connectivity index (χ1) is 13.0. The fraction of sp³-hybridized carbons (Fsp3) is 0.550. The van der Waals surface area contributed by atoms with Gasteiger partial charge in [-0.1, -0.05) is 19.9 Å². The van der Waals surface area contributed by atoms with E-state index in [-0.39, 0.29) is 23.6 Å². The van der Waals surface area contributed by atoms with Gasteiger partial charge in [-0.05, 0) is 31.0 Å². The van der Waals surface area contributed by atoms with Crippen LogP contribution in [0.3, 0.4) is 0 Å². The van der Waals surface area contributed by atoms with E-state index in [1.807, 2.05) is 13.8 Å². The molecule has 1 aromatic rings. The lowest BCUT2D eigenvalue weighted by atomic mass is 10.1. The Kier molecular flexibility index (Phi) is 6.11. The summed E-state index contributed by atoms with van der Waals surface area (Å²) in [5.74, 6) is -0.396. The van der Waals surface area contributed by atoms with Gasteiger partial charge in [-0.25, -0.2) is 0 Å². The Morgan fingerprint density at radius 2 is 1.89 bits per heavy atom. The highest BCUT2D eigenvalue weighted by molar-refractivity contribution is 6.00. The molecule has 0 unspecified atom stereocenters. The monoisotopic (exact) mass is 373 g/mol. The lowest BCUT2D eigenvalue weighted by molar-refractivity contribution is -0.139.